The molecule has 0 aliphatic rings. The Morgan fingerprint density at radius 3 is 1.55 bits per heavy atom. The van der Waals surface area contributed by atoms with Crippen molar-refractivity contribution in [2.75, 3.05) is 0 Å². The molecule has 0 unspecified atom stereocenters. The smallest absolute Gasteiger partial charge is 0.217 e. The Kier molecular flexibility index (Phi) is 3.81. The summed E-state index contributed by atoms with van der Waals surface area (Å²) in [5.41, 5.74) is 0. The van der Waals surface area contributed by atoms with E-state index in [-0.39, 0.29) is 12.1 Å². The van der Waals surface area contributed by atoms with Crippen molar-refractivity contribution < 1.29 is 43.5 Å². The highest BCUT2D eigenvalue weighted by Gasteiger charge is 2.78. The molecule has 1 aromatic rings. The van der Waals surface area contributed by atoms with Crippen molar-refractivity contribution in [1.82, 2.24) is 0 Å². The third kappa shape index (κ3) is 2.34. The highest BCUT2D eigenvalue weighted by molar-refractivity contribution is 7.92. The molecule has 0 saturated carbocycles. The standard InChI is InChI=1S/C9H4F8O2S/c10-5-1-3-6(4-2-5)20(18,19)9(16,17)7(11,12)8(13,14)15/h1-4H. The van der Waals surface area contributed by atoms with Gasteiger partial charge in [0, 0.05) is 0 Å². The fourth-order valence-corrected chi connectivity index (χ4v) is 2.34. The van der Waals surface area contributed by atoms with E-state index >= 15 is 0 Å². The summed E-state index contributed by atoms with van der Waals surface area (Å²) < 4.78 is 122. The van der Waals surface area contributed by atoms with Gasteiger partial charge in [-0.05, 0) is 24.3 Å². The molecule has 0 bridgehead atoms. The highest BCUT2D eigenvalue weighted by Crippen LogP contribution is 2.50. The van der Waals surface area contributed by atoms with Crippen LogP contribution >= 0.6 is 0 Å². The van der Waals surface area contributed by atoms with E-state index in [9.17, 15) is 43.5 Å². The van der Waals surface area contributed by atoms with Crippen LogP contribution in [0.15, 0.2) is 29.2 Å². The first-order valence-electron chi connectivity index (χ1n) is 4.57. The zero-order chi connectivity index (χ0) is 16.0. The maximum absolute atomic E-state index is 13.1. The molecule has 0 aliphatic carbocycles. The van der Waals surface area contributed by atoms with Crippen molar-refractivity contribution in [2.24, 2.45) is 0 Å². The van der Waals surface area contributed by atoms with Crippen molar-refractivity contribution in [3.63, 3.8) is 0 Å². The average Bonchev–Trinajstić information content (AvgIpc) is 2.27. The van der Waals surface area contributed by atoms with Crippen molar-refractivity contribution in [3.8, 4) is 0 Å². The molecule has 0 N–H and O–H groups in total. The van der Waals surface area contributed by atoms with Gasteiger partial charge >= 0.3 is 17.4 Å². The normalized spacial score (nSPS) is 14.4. The molecule has 0 spiro atoms. The van der Waals surface area contributed by atoms with Crippen LogP contribution in [0.5, 0.6) is 0 Å². The zero-order valence-electron chi connectivity index (χ0n) is 9.06. The van der Waals surface area contributed by atoms with Gasteiger partial charge in [0.2, 0.25) is 9.84 Å². The van der Waals surface area contributed by atoms with Crippen LogP contribution in [0.4, 0.5) is 35.1 Å². The minimum absolute atomic E-state index is 0.158. The minimum atomic E-state index is -6.80. The predicted octanol–water partition coefficient (Wildman–Crippen LogP) is 3.39. The number of alkyl halides is 7. The number of sulfone groups is 1. The van der Waals surface area contributed by atoms with Crippen LogP contribution < -0.4 is 0 Å². The lowest BCUT2D eigenvalue weighted by Gasteiger charge is -2.27. The van der Waals surface area contributed by atoms with E-state index in [0.29, 0.717) is 12.1 Å². The Labute approximate surface area is 106 Å². The molecule has 0 saturated heterocycles. The average molecular weight is 328 g/mol. The third-order valence-corrected chi connectivity index (χ3v) is 4.01. The molecular weight excluding hydrogens is 324 g/mol. The first-order valence-corrected chi connectivity index (χ1v) is 6.06. The predicted molar refractivity (Wildman–Crippen MR) is 49.5 cm³/mol. The summed E-state index contributed by atoms with van der Waals surface area (Å²) in [7, 11) is -6.37. The van der Waals surface area contributed by atoms with Crippen LogP contribution in [-0.4, -0.2) is 25.8 Å². The summed E-state index contributed by atoms with van der Waals surface area (Å²) in [6.45, 7) is 0. The van der Waals surface area contributed by atoms with Gasteiger partial charge in [0.25, 0.3) is 0 Å². The monoisotopic (exact) mass is 328 g/mol. The number of rotatable bonds is 3. The summed E-state index contributed by atoms with van der Waals surface area (Å²) in [6.07, 6.45) is -6.77. The molecule has 0 radical (unpaired) electrons. The van der Waals surface area contributed by atoms with Crippen molar-refractivity contribution in [2.45, 2.75) is 22.2 Å². The lowest BCUT2D eigenvalue weighted by Crippen LogP contribution is -2.55. The molecule has 0 aromatic heterocycles. The molecule has 114 valence electrons. The Bertz CT molecular complexity index is 587. The van der Waals surface area contributed by atoms with E-state index in [4.69, 9.17) is 0 Å². The van der Waals surface area contributed by atoms with Crippen LogP contribution in [0.3, 0.4) is 0 Å². The Balaban J connectivity index is 3.44. The fraction of sp³-hybridized carbons (Fsp3) is 0.333. The quantitative estimate of drug-likeness (QED) is 0.630. The molecule has 11 heteroatoms. The topological polar surface area (TPSA) is 34.1 Å². The molecule has 1 aromatic carbocycles. The van der Waals surface area contributed by atoms with Gasteiger partial charge in [-0.2, -0.15) is 30.7 Å². The molecule has 20 heavy (non-hydrogen) atoms. The molecule has 0 aliphatic heterocycles. The van der Waals surface area contributed by atoms with Crippen LogP contribution in [0.1, 0.15) is 0 Å². The van der Waals surface area contributed by atoms with E-state index in [1.54, 1.807) is 0 Å². The summed E-state index contributed by atoms with van der Waals surface area (Å²) in [4.78, 5) is -1.56. The summed E-state index contributed by atoms with van der Waals surface area (Å²) in [5.74, 6) is -7.89. The highest BCUT2D eigenvalue weighted by atomic mass is 32.2. The number of hydrogen-bond acceptors (Lipinski definition) is 2. The van der Waals surface area contributed by atoms with Gasteiger partial charge < -0.3 is 0 Å². The Morgan fingerprint density at radius 1 is 0.800 bits per heavy atom. The number of benzene rings is 1. The van der Waals surface area contributed by atoms with Crippen LogP contribution in [0.25, 0.3) is 0 Å². The van der Waals surface area contributed by atoms with Gasteiger partial charge in [-0.25, -0.2) is 12.8 Å². The summed E-state index contributed by atoms with van der Waals surface area (Å²) in [6, 6.07) is 0.972. The summed E-state index contributed by atoms with van der Waals surface area (Å²) >= 11 is 0. The second kappa shape index (κ2) is 4.57. The molecule has 0 atom stereocenters. The molecule has 0 amide bonds. The number of halogens is 8. The minimum Gasteiger partial charge on any atom is -0.217 e. The van der Waals surface area contributed by atoms with Crippen molar-refractivity contribution >= 4 is 9.84 Å². The summed E-state index contributed by atoms with van der Waals surface area (Å²) in [5, 5.41) is -6.43. The van der Waals surface area contributed by atoms with Gasteiger partial charge in [0.05, 0.1) is 4.90 Å². The molecule has 2 nitrogen and oxygen atoms in total. The van der Waals surface area contributed by atoms with Gasteiger partial charge in [-0.15, -0.1) is 0 Å². The lowest BCUT2D eigenvalue weighted by molar-refractivity contribution is -0.332. The molecular formula is C9H4F8O2S. The Morgan fingerprint density at radius 2 is 1.20 bits per heavy atom. The first-order chi connectivity index (χ1) is 8.75. The molecule has 1 rings (SSSR count). The van der Waals surface area contributed by atoms with Crippen molar-refractivity contribution in [1.29, 1.82) is 0 Å². The fourth-order valence-electron chi connectivity index (χ4n) is 1.10. The van der Waals surface area contributed by atoms with Gasteiger partial charge in [-0.1, -0.05) is 0 Å². The first kappa shape index (κ1) is 16.7. The van der Waals surface area contributed by atoms with Gasteiger partial charge in [0.15, 0.2) is 0 Å². The van der Waals surface area contributed by atoms with Gasteiger partial charge in [-0.3, -0.25) is 0 Å². The van der Waals surface area contributed by atoms with Crippen LogP contribution in [0.2, 0.25) is 0 Å². The van der Waals surface area contributed by atoms with Crippen LogP contribution in [-0.2, 0) is 9.84 Å². The maximum atomic E-state index is 13.1. The van der Waals surface area contributed by atoms with Crippen LogP contribution in [0, 0.1) is 5.82 Å². The second-order valence-electron chi connectivity index (χ2n) is 3.55. The third-order valence-electron chi connectivity index (χ3n) is 2.18. The van der Waals surface area contributed by atoms with E-state index in [2.05, 4.69) is 0 Å². The largest absolute Gasteiger partial charge is 0.461 e. The second-order valence-corrected chi connectivity index (χ2v) is 5.54. The molecule has 0 fully saturated rings. The Hall–Kier alpha value is -1.39. The lowest BCUT2D eigenvalue weighted by atomic mass is 10.3. The number of hydrogen-bond donors (Lipinski definition) is 0. The van der Waals surface area contributed by atoms with E-state index in [1.807, 2.05) is 0 Å². The molecule has 0 heterocycles. The van der Waals surface area contributed by atoms with E-state index < -0.39 is 37.9 Å². The van der Waals surface area contributed by atoms with Crippen molar-refractivity contribution in [3.05, 3.63) is 30.1 Å². The maximum Gasteiger partial charge on any atom is 0.461 e. The SMILES string of the molecule is O=S(=O)(c1ccc(F)cc1)C(F)(F)C(F)(F)C(F)(F)F. The zero-order valence-corrected chi connectivity index (χ0v) is 9.87. The van der Waals surface area contributed by atoms with Gasteiger partial charge in [0.1, 0.15) is 5.82 Å². The van der Waals surface area contributed by atoms with E-state index in [1.165, 1.54) is 0 Å². The van der Waals surface area contributed by atoms with E-state index in [0.717, 1.165) is 0 Å².